The van der Waals surface area contributed by atoms with Gasteiger partial charge in [0.1, 0.15) is 11.9 Å². The Morgan fingerprint density at radius 1 is 1.50 bits per heavy atom. The molecule has 0 aliphatic rings. The van der Waals surface area contributed by atoms with Crippen LogP contribution in [0.15, 0.2) is 18.2 Å². The van der Waals surface area contributed by atoms with Crippen LogP contribution in [-0.2, 0) is 10.2 Å². The van der Waals surface area contributed by atoms with Gasteiger partial charge in [0.2, 0.25) is 0 Å². The molecule has 0 heterocycles. The zero-order valence-corrected chi connectivity index (χ0v) is 11.2. The highest BCUT2D eigenvalue weighted by Gasteiger charge is 2.28. The first kappa shape index (κ1) is 14.5. The standard InChI is InChI=1S/C14H19FO3/c1-9(15)10-5-6-12(18-4)11(7-10)14(2,3)8-13(16)17/h5-7,9H,8H2,1-4H3,(H,16,17). The summed E-state index contributed by atoms with van der Waals surface area (Å²) in [6.45, 7) is 5.08. The van der Waals surface area contributed by atoms with E-state index in [-0.39, 0.29) is 6.42 Å². The molecule has 0 aliphatic carbocycles. The van der Waals surface area contributed by atoms with Crippen LogP contribution in [0.1, 0.15) is 44.5 Å². The van der Waals surface area contributed by atoms with Crippen LogP contribution in [0, 0.1) is 0 Å². The highest BCUT2D eigenvalue weighted by Crippen LogP contribution is 2.36. The highest BCUT2D eigenvalue weighted by molar-refractivity contribution is 5.69. The zero-order valence-electron chi connectivity index (χ0n) is 11.2. The molecule has 0 spiro atoms. The van der Waals surface area contributed by atoms with Crippen molar-refractivity contribution < 1.29 is 19.0 Å². The van der Waals surface area contributed by atoms with Crippen molar-refractivity contribution >= 4 is 5.97 Å². The Labute approximate surface area is 107 Å². The van der Waals surface area contributed by atoms with E-state index in [1.165, 1.54) is 14.0 Å². The van der Waals surface area contributed by atoms with E-state index < -0.39 is 17.6 Å². The van der Waals surface area contributed by atoms with Gasteiger partial charge in [0, 0.05) is 11.0 Å². The van der Waals surface area contributed by atoms with E-state index in [0.717, 1.165) is 5.56 Å². The number of carbonyl (C=O) groups is 1. The Morgan fingerprint density at radius 3 is 2.56 bits per heavy atom. The Morgan fingerprint density at radius 2 is 2.11 bits per heavy atom. The molecular formula is C14H19FO3. The fraction of sp³-hybridized carbons (Fsp3) is 0.500. The van der Waals surface area contributed by atoms with Gasteiger partial charge in [0.05, 0.1) is 13.5 Å². The minimum absolute atomic E-state index is 0.0342. The van der Waals surface area contributed by atoms with Gasteiger partial charge in [-0.05, 0) is 24.6 Å². The van der Waals surface area contributed by atoms with Crippen molar-refractivity contribution in [2.45, 2.75) is 38.8 Å². The number of aliphatic carboxylic acids is 1. The highest BCUT2D eigenvalue weighted by atomic mass is 19.1. The summed E-state index contributed by atoms with van der Waals surface area (Å²) in [5, 5.41) is 8.94. The van der Waals surface area contributed by atoms with Gasteiger partial charge in [0.25, 0.3) is 0 Å². The van der Waals surface area contributed by atoms with Gasteiger partial charge in [-0.3, -0.25) is 4.79 Å². The summed E-state index contributed by atoms with van der Waals surface area (Å²) in [4.78, 5) is 10.9. The molecule has 4 heteroatoms. The van der Waals surface area contributed by atoms with Crippen LogP contribution in [0.25, 0.3) is 0 Å². The summed E-state index contributed by atoms with van der Waals surface area (Å²) >= 11 is 0. The molecule has 100 valence electrons. The minimum atomic E-state index is -1.09. The van der Waals surface area contributed by atoms with E-state index in [4.69, 9.17) is 9.84 Å². The number of benzene rings is 1. The quantitative estimate of drug-likeness (QED) is 0.875. The van der Waals surface area contributed by atoms with Gasteiger partial charge in [-0.1, -0.05) is 19.9 Å². The molecule has 0 radical (unpaired) electrons. The van der Waals surface area contributed by atoms with Crippen LogP contribution in [0.4, 0.5) is 4.39 Å². The molecule has 1 aromatic carbocycles. The molecular weight excluding hydrogens is 235 g/mol. The van der Waals surface area contributed by atoms with Crippen LogP contribution in [-0.4, -0.2) is 18.2 Å². The monoisotopic (exact) mass is 254 g/mol. The summed E-state index contributed by atoms with van der Waals surface area (Å²) in [5.74, 6) is -0.300. The molecule has 0 aliphatic heterocycles. The van der Waals surface area contributed by atoms with Crippen LogP contribution in [0.2, 0.25) is 0 Å². The normalized spacial score (nSPS) is 13.2. The van der Waals surface area contributed by atoms with Crippen LogP contribution < -0.4 is 4.74 Å². The predicted molar refractivity (Wildman–Crippen MR) is 67.8 cm³/mol. The summed E-state index contributed by atoms with van der Waals surface area (Å²) in [6.07, 6.45) is -1.12. The van der Waals surface area contributed by atoms with E-state index in [9.17, 15) is 9.18 Å². The number of halogens is 1. The fourth-order valence-electron chi connectivity index (χ4n) is 1.98. The molecule has 1 N–H and O–H groups in total. The molecule has 1 rings (SSSR count). The molecule has 0 amide bonds. The Bertz CT molecular complexity index is 439. The smallest absolute Gasteiger partial charge is 0.304 e. The number of hydrogen-bond acceptors (Lipinski definition) is 2. The number of rotatable bonds is 5. The predicted octanol–water partition coefficient (Wildman–Crippen LogP) is 3.48. The van der Waals surface area contributed by atoms with Crippen LogP contribution in [0.3, 0.4) is 0 Å². The van der Waals surface area contributed by atoms with Crippen molar-refractivity contribution in [3.05, 3.63) is 29.3 Å². The summed E-state index contributed by atoms with van der Waals surface area (Å²) in [5.41, 5.74) is 0.640. The molecule has 0 bridgehead atoms. The molecule has 1 atom stereocenters. The van der Waals surface area contributed by atoms with Crippen molar-refractivity contribution in [3.63, 3.8) is 0 Å². The first-order valence-corrected chi connectivity index (χ1v) is 5.82. The topological polar surface area (TPSA) is 46.5 Å². The van der Waals surface area contributed by atoms with Gasteiger partial charge >= 0.3 is 5.97 Å². The molecule has 0 fully saturated rings. The fourth-order valence-corrected chi connectivity index (χ4v) is 1.98. The number of carboxylic acids is 1. The number of ether oxygens (including phenoxy) is 1. The third kappa shape index (κ3) is 3.22. The Kier molecular flexibility index (Phi) is 4.33. The molecule has 18 heavy (non-hydrogen) atoms. The van der Waals surface area contributed by atoms with Gasteiger partial charge in [-0.15, -0.1) is 0 Å². The van der Waals surface area contributed by atoms with Crippen molar-refractivity contribution in [2.75, 3.05) is 7.11 Å². The lowest BCUT2D eigenvalue weighted by molar-refractivity contribution is -0.138. The van der Waals surface area contributed by atoms with E-state index in [0.29, 0.717) is 11.3 Å². The molecule has 0 saturated heterocycles. The third-order valence-corrected chi connectivity index (χ3v) is 3.01. The lowest BCUT2D eigenvalue weighted by Gasteiger charge is -2.26. The lowest BCUT2D eigenvalue weighted by Crippen LogP contribution is -2.22. The minimum Gasteiger partial charge on any atom is -0.496 e. The van der Waals surface area contributed by atoms with Crippen molar-refractivity contribution in [1.29, 1.82) is 0 Å². The van der Waals surface area contributed by atoms with Crippen LogP contribution >= 0.6 is 0 Å². The zero-order chi connectivity index (χ0) is 13.9. The maximum absolute atomic E-state index is 13.3. The van der Waals surface area contributed by atoms with E-state index in [1.54, 1.807) is 18.2 Å². The van der Waals surface area contributed by atoms with Crippen LogP contribution in [0.5, 0.6) is 5.75 Å². The van der Waals surface area contributed by atoms with E-state index in [1.807, 2.05) is 13.8 Å². The summed E-state index contributed by atoms with van der Waals surface area (Å²) in [7, 11) is 1.52. The maximum Gasteiger partial charge on any atom is 0.304 e. The summed E-state index contributed by atoms with van der Waals surface area (Å²) in [6, 6.07) is 5.03. The van der Waals surface area contributed by atoms with Crippen molar-refractivity contribution in [3.8, 4) is 5.75 Å². The molecule has 1 unspecified atom stereocenters. The Balaban J connectivity index is 3.26. The SMILES string of the molecule is COc1ccc(C(C)F)cc1C(C)(C)CC(=O)O. The molecule has 0 saturated carbocycles. The second kappa shape index (κ2) is 5.38. The number of methoxy groups -OCH3 is 1. The molecule has 1 aromatic rings. The van der Waals surface area contributed by atoms with Gasteiger partial charge < -0.3 is 9.84 Å². The van der Waals surface area contributed by atoms with Crippen molar-refractivity contribution in [2.24, 2.45) is 0 Å². The second-order valence-electron chi connectivity index (χ2n) is 5.03. The first-order valence-electron chi connectivity index (χ1n) is 5.82. The summed E-state index contributed by atoms with van der Waals surface area (Å²) < 4.78 is 18.6. The molecule has 0 aromatic heterocycles. The van der Waals surface area contributed by atoms with E-state index in [2.05, 4.69) is 0 Å². The average Bonchev–Trinajstić information content (AvgIpc) is 2.26. The molecule has 3 nitrogen and oxygen atoms in total. The number of hydrogen-bond donors (Lipinski definition) is 1. The Hall–Kier alpha value is -1.58. The number of alkyl halides is 1. The lowest BCUT2D eigenvalue weighted by atomic mass is 9.80. The average molecular weight is 254 g/mol. The van der Waals surface area contributed by atoms with E-state index >= 15 is 0 Å². The van der Waals surface area contributed by atoms with Gasteiger partial charge in [-0.2, -0.15) is 0 Å². The van der Waals surface area contributed by atoms with Crippen molar-refractivity contribution in [1.82, 2.24) is 0 Å². The largest absolute Gasteiger partial charge is 0.496 e. The second-order valence-corrected chi connectivity index (χ2v) is 5.03. The van der Waals surface area contributed by atoms with Gasteiger partial charge in [-0.25, -0.2) is 4.39 Å². The first-order chi connectivity index (χ1) is 8.27. The third-order valence-electron chi connectivity index (χ3n) is 3.01. The maximum atomic E-state index is 13.3. The van der Waals surface area contributed by atoms with Gasteiger partial charge in [0.15, 0.2) is 0 Å². The number of carboxylic acid groups (broad SMARTS) is 1.